The van der Waals surface area contributed by atoms with Crippen molar-refractivity contribution in [3.05, 3.63) is 35.9 Å². The molecule has 0 saturated carbocycles. The average Bonchev–Trinajstić information content (AvgIpc) is 2.94. The van der Waals surface area contributed by atoms with E-state index in [1.807, 2.05) is 18.6 Å². The van der Waals surface area contributed by atoms with E-state index in [9.17, 15) is 0 Å². The van der Waals surface area contributed by atoms with Gasteiger partial charge in [0.1, 0.15) is 0 Å². The number of nitrogens with zero attached hydrogens (tertiary/aromatic N) is 3. The maximum Gasteiger partial charge on any atom is 0.0951 e. The Morgan fingerprint density at radius 2 is 2.35 bits per heavy atom. The highest BCUT2D eigenvalue weighted by Gasteiger charge is 2.10. The van der Waals surface area contributed by atoms with Crippen molar-refractivity contribution in [2.24, 2.45) is 0 Å². The molecule has 3 rings (SSSR count). The Bertz CT molecular complexity index is 671. The Hall–Kier alpha value is -1.39. The van der Waals surface area contributed by atoms with Crippen LogP contribution in [0.15, 0.2) is 30.9 Å². The molecule has 0 saturated heterocycles. The van der Waals surface area contributed by atoms with Crippen LogP contribution in [0.3, 0.4) is 0 Å². The van der Waals surface area contributed by atoms with Crippen LogP contribution in [-0.4, -0.2) is 14.5 Å². The van der Waals surface area contributed by atoms with Gasteiger partial charge in [0.05, 0.1) is 38.3 Å². The van der Waals surface area contributed by atoms with E-state index in [2.05, 4.69) is 27.5 Å². The smallest absolute Gasteiger partial charge is 0.0951 e. The van der Waals surface area contributed by atoms with Gasteiger partial charge in [-0.3, -0.25) is 4.98 Å². The lowest BCUT2D eigenvalue weighted by Gasteiger charge is -2.00. The first kappa shape index (κ1) is 10.7. The molecule has 86 valence electrons. The molecule has 0 spiro atoms. The molecule has 0 fully saturated rings. The zero-order chi connectivity index (χ0) is 11.8. The topological polar surface area (TPSA) is 30.7 Å². The number of rotatable bonds is 2. The van der Waals surface area contributed by atoms with E-state index < -0.39 is 0 Å². The van der Waals surface area contributed by atoms with Crippen molar-refractivity contribution in [2.45, 2.75) is 13.5 Å². The normalized spacial score (nSPS) is 11.2. The molecule has 0 N–H and O–H groups in total. The molecule has 3 heterocycles. The van der Waals surface area contributed by atoms with Crippen LogP contribution < -0.4 is 0 Å². The Morgan fingerprint density at radius 3 is 3.12 bits per heavy atom. The van der Waals surface area contributed by atoms with Gasteiger partial charge in [-0.2, -0.15) is 0 Å². The molecule has 17 heavy (non-hydrogen) atoms. The van der Waals surface area contributed by atoms with Crippen LogP contribution in [0.5, 0.6) is 0 Å². The largest absolute Gasteiger partial charge is 0.330 e. The summed E-state index contributed by atoms with van der Waals surface area (Å²) in [6.07, 6.45) is 5.45. The molecule has 0 aliphatic rings. The van der Waals surface area contributed by atoms with Crippen LogP contribution in [-0.2, 0) is 6.54 Å². The van der Waals surface area contributed by atoms with Gasteiger partial charge in [0.25, 0.3) is 0 Å². The second-order valence-electron chi connectivity index (χ2n) is 3.68. The highest BCUT2D eigenvalue weighted by atomic mass is 35.5. The highest BCUT2D eigenvalue weighted by molar-refractivity contribution is 7.22. The monoisotopic (exact) mass is 263 g/mol. The maximum absolute atomic E-state index is 6.15. The zero-order valence-corrected chi connectivity index (χ0v) is 10.8. The summed E-state index contributed by atoms with van der Waals surface area (Å²) in [5, 5.41) is 0.758. The molecule has 0 aromatic carbocycles. The van der Waals surface area contributed by atoms with Gasteiger partial charge in [-0.25, -0.2) is 4.98 Å². The molecule has 5 heteroatoms. The molecule has 3 aromatic rings. The molecular formula is C12H10ClN3S. The first-order chi connectivity index (χ1) is 8.29. The number of aromatic nitrogens is 3. The van der Waals surface area contributed by atoms with Gasteiger partial charge in [-0.05, 0) is 19.1 Å². The SMILES string of the molecule is CCn1cncc1-c1cc2nccc(Cl)c2s1. The van der Waals surface area contributed by atoms with E-state index in [1.165, 1.54) is 0 Å². The standard InChI is InChI=1S/C12H10ClN3S/c1-2-16-7-14-6-10(16)11-5-9-12(17-11)8(13)3-4-15-9/h3-7H,2H2,1H3. The van der Waals surface area contributed by atoms with Crippen molar-refractivity contribution in [3.8, 4) is 10.6 Å². The van der Waals surface area contributed by atoms with Crippen LogP contribution in [0, 0.1) is 0 Å². The number of hydrogen-bond donors (Lipinski definition) is 0. The summed E-state index contributed by atoms with van der Waals surface area (Å²) in [7, 11) is 0. The molecule has 0 amide bonds. The molecular weight excluding hydrogens is 254 g/mol. The minimum Gasteiger partial charge on any atom is -0.330 e. The number of pyridine rings is 1. The van der Waals surface area contributed by atoms with Crippen molar-refractivity contribution in [1.82, 2.24) is 14.5 Å². The third kappa shape index (κ3) is 1.73. The first-order valence-electron chi connectivity index (χ1n) is 5.34. The van der Waals surface area contributed by atoms with Gasteiger partial charge in [0, 0.05) is 12.7 Å². The van der Waals surface area contributed by atoms with Crippen molar-refractivity contribution >= 4 is 33.2 Å². The molecule has 0 atom stereocenters. The van der Waals surface area contributed by atoms with Gasteiger partial charge < -0.3 is 4.57 Å². The van der Waals surface area contributed by atoms with Crippen LogP contribution in [0.25, 0.3) is 20.8 Å². The Morgan fingerprint density at radius 1 is 1.47 bits per heavy atom. The first-order valence-corrected chi connectivity index (χ1v) is 6.53. The van der Waals surface area contributed by atoms with Crippen molar-refractivity contribution in [2.75, 3.05) is 0 Å². The van der Waals surface area contributed by atoms with E-state index in [4.69, 9.17) is 11.6 Å². The number of imidazole rings is 1. The molecule has 0 radical (unpaired) electrons. The summed E-state index contributed by atoms with van der Waals surface area (Å²) in [6, 6.07) is 3.89. The number of halogens is 1. The quantitative estimate of drug-likeness (QED) is 0.703. The summed E-state index contributed by atoms with van der Waals surface area (Å²) in [5.41, 5.74) is 2.06. The summed E-state index contributed by atoms with van der Waals surface area (Å²) >= 11 is 7.81. The number of aryl methyl sites for hydroxylation is 1. The number of thiophene rings is 1. The Labute approximate surface area is 108 Å². The molecule has 0 bridgehead atoms. The zero-order valence-electron chi connectivity index (χ0n) is 9.22. The molecule has 0 aliphatic carbocycles. The van der Waals surface area contributed by atoms with Crippen molar-refractivity contribution in [1.29, 1.82) is 0 Å². The van der Waals surface area contributed by atoms with E-state index in [0.717, 1.165) is 32.4 Å². The fraction of sp³-hybridized carbons (Fsp3) is 0.167. The van der Waals surface area contributed by atoms with Gasteiger partial charge in [-0.1, -0.05) is 11.6 Å². The lowest BCUT2D eigenvalue weighted by atomic mass is 10.3. The summed E-state index contributed by atoms with van der Waals surface area (Å²) in [5.74, 6) is 0. The maximum atomic E-state index is 6.15. The van der Waals surface area contributed by atoms with E-state index in [1.54, 1.807) is 17.5 Å². The Balaban J connectivity index is 2.22. The second-order valence-corrected chi connectivity index (χ2v) is 5.14. The number of hydrogen-bond acceptors (Lipinski definition) is 3. The van der Waals surface area contributed by atoms with E-state index in [0.29, 0.717) is 0 Å². The minimum absolute atomic E-state index is 0.758. The van der Waals surface area contributed by atoms with Gasteiger partial charge in [0.15, 0.2) is 0 Å². The molecule has 3 aromatic heterocycles. The predicted octanol–water partition coefficient (Wildman–Crippen LogP) is 3.83. The average molecular weight is 264 g/mol. The fourth-order valence-electron chi connectivity index (χ4n) is 1.81. The lowest BCUT2D eigenvalue weighted by Crippen LogP contribution is -1.92. The highest BCUT2D eigenvalue weighted by Crippen LogP contribution is 2.35. The second kappa shape index (κ2) is 4.13. The van der Waals surface area contributed by atoms with Gasteiger partial charge in [-0.15, -0.1) is 11.3 Å². The minimum atomic E-state index is 0.758. The van der Waals surface area contributed by atoms with E-state index >= 15 is 0 Å². The molecule has 0 aliphatic heterocycles. The van der Waals surface area contributed by atoms with Crippen LogP contribution in [0.1, 0.15) is 6.92 Å². The predicted molar refractivity (Wildman–Crippen MR) is 71.5 cm³/mol. The molecule has 3 nitrogen and oxygen atoms in total. The van der Waals surface area contributed by atoms with Crippen LogP contribution >= 0.6 is 22.9 Å². The fourth-order valence-corrected chi connectivity index (χ4v) is 3.13. The molecule has 0 unspecified atom stereocenters. The van der Waals surface area contributed by atoms with Crippen molar-refractivity contribution in [3.63, 3.8) is 0 Å². The van der Waals surface area contributed by atoms with Crippen molar-refractivity contribution < 1.29 is 0 Å². The van der Waals surface area contributed by atoms with Gasteiger partial charge in [0.2, 0.25) is 0 Å². The van der Waals surface area contributed by atoms with Crippen LogP contribution in [0.2, 0.25) is 5.02 Å². The third-order valence-electron chi connectivity index (χ3n) is 2.67. The summed E-state index contributed by atoms with van der Waals surface area (Å²) in [4.78, 5) is 9.66. The van der Waals surface area contributed by atoms with E-state index in [-0.39, 0.29) is 0 Å². The van der Waals surface area contributed by atoms with Crippen LogP contribution in [0.4, 0.5) is 0 Å². The Kier molecular flexibility index (Phi) is 2.61. The third-order valence-corrected chi connectivity index (χ3v) is 4.28. The summed E-state index contributed by atoms with van der Waals surface area (Å²) < 4.78 is 3.14. The lowest BCUT2D eigenvalue weighted by molar-refractivity contribution is 0.770. The summed E-state index contributed by atoms with van der Waals surface area (Å²) in [6.45, 7) is 3.01. The van der Waals surface area contributed by atoms with Gasteiger partial charge >= 0.3 is 0 Å². The number of fused-ring (bicyclic) bond motifs is 1.